The minimum absolute atomic E-state index is 0.370. The van der Waals surface area contributed by atoms with Crippen molar-refractivity contribution >= 4 is 22.6 Å². The van der Waals surface area contributed by atoms with E-state index in [4.69, 9.17) is 0 Å². The number of aromatic nitrogens is 2. The Morgan fingerprint density at radius 1 is 1.88 bits per heavy atom. The maximum atomic E-state index is 10.4. The normalized spacial score (nSPS) is 9.75. The SMILES string of the molecule is Cn1nc(I)oc1=O. The lowest BCUT2D eigenvalue weighted by molar-refractivity contribution is 0.473. The Balaban J connectivity index is 3.35. The summed E-state index contributed by atoms with van der Waals surface area (Å²) in [5.74, 6) is -0.422. The van der Waals surface area contributed by atoms with Crippen molar-refractivity contribution in [2.45, 2.75) is 0 Å². The van der Waals surface area contributed by atoms with Crippen LogP contribution in [0, 0.1) is 3.90 Å². The van der Waals surface area contributed by atoms with Crippen LogP contribution in [0.1, 0.15) is 0 Å². The Kier molecular flexibility index (Phi) is 1.37. The maximum Gasteiger partial charge on any atom is 0.437 e. The fourth-order valence-electron chi connectivity index (χ4n) is 0.317. The van der Waals surface area contributed by atoms with Crippen LogP contribution in [0.3, 0.4) is 0 Å². The first-order chi connectivity index (χ1) is 3.70. The molecule has 0 aromatic carbocycles. The fraction of sp³-hybridized carbons (Fsp3) is 0.333. The smallest absolute Gasteiger partial charge is 0.382 e. The highest BCUT2D eigenvalue weighted by Crippen LogP contribution is 1.91. The summed E-state index contributed by atoms with van der Waals surface area (Å²) in [4.78, 5) is 10.4. The minimum atomic E-state index is -0.422. The van der Waals surface area contributed by atoms with Crippen LogP contribution in [-0.2, 0) is 7.05 Å². The van der Waals surface area contributed by atoms with Gasteiger partial charge in [-0.15, -0.1) is 5.10 Å². The summed E-state index contributed by atoms with van der Waals surface area (Å²) >= 11 is 1.83. The van der Waals surface area contributed by atoms with Crippen molar-refractivity contribution in [3.63, 3.8) is 0 Å². The van der Waals surface area contributed by atoms with E-state index in [-0.39, 0.29) is 0 Å². The van der Waals surface area contributed by atoms with Gasteiger partial charge in [0.15, 0.2) is 0 Å². The predicted molar refractivity (Wildman–Crippen MR) is 34.5 cm³/mol. The molecule has 44 valence electrons. The second kappa shape index (κ2) is 1.88. The average Bonchev–Trinajstić information content (AvgIpc) is 1.85. The van der Waals surface area contributed by atoms with Gasteiger partial charge < -0.3 is 4.42 Å². The summed E-state index contributed by atoms with van der Waals surface area (Å²) in [5, 5.41) is 3.63. The first kappa shape index (κ1) is 5.80. The third-order valence-electron chi connectivity index (χ3n) is 0.664. The summed E-state index contributed by atoms with van der Waals surface area (Å²) in [5.41, 5.74) is 0. The van der Waals surface area contributed by atoms with Crippen molar-refractivity contribution in [2.24, 2.45) is 7.05 Å². The Bertz CT molecular complexity index is 238. The number of aryl methyl sites for hydroxylation is 1. The number of hydrogen-bond donors (Lipinski definition) is 0. The van der Waals surface area contributed by atoms with Gasteiger partial charge in [-0.25, -0.2) is 4.79 Å². The van der Waals surface area contributed by atoms with E-state index in [1.54, 1.807) is 0 Å². The lowest BCUT2D eigenvalue weighted by Crippen LogP contribution is -2.09. The van der Waals surface area contributed by atoms with Gasteiger partial charge in [-0.05, 0) is 0 Å². The molecule has 1 aromatic heterocycles. The molecule has 1 heterocycles. The van der Waals surface area contributed by atoms with E-state index in [2.05, 4.69) is 9.52 Å². The van der Waals surface area contributed by atoms with Gasteiger partial charge in [-0.3, -0.25) is 0 Å². The molecule has 1 rings (SSSR count). The van der Waals surface area contributed by atoms with Crippen LogP contribution in [0.25, 0.3) is 0 Å². The largest absolute Gasteiger partial charge is 0.437 e. The van der Waals surface area contributed by atoms with Gasteiger partial charge >= 0.3 is 5.76 Å². The van der Waals surface area contributed by atoms with Crippen molar-refractivity contribution in [1.29, 1.82) is 0 Å². The third-order valence-corrected chi connectivity index (χ3v) is 1.10. The summed E-state index contributed by atoms with van der Waals surface area (Å²) < 4.78 is 6.01. The molecule has 0 aliphatic rings. The molecule has 5 heteroatoms. The molecule has 0 N–H and O–H groups in total. The number of hydrogen-bond acceptors (Lipinski definition) is 3. The van der Waals surface area contributed by atoms with Crippen LogP contribution in [0.2, 0.25) is 0 Å². The lowest BCUT2D eigenvalue weighted by Gasteiger charge is -1.72. The number of rotatable bonds is 0. The molecule has 0 atom stereocenters. The number of halogens is 1. The Hall–Kier alpha value is -0.330. The highest BCUT2D eigenvalue weighted by atomic mass is 127. The van der Waals surface area contributed by atoms with Gasteiger partial charge in [-0.1, -0.05) is 0 Å². The molecule has 0 aliphatic carbocycles. The summed E-state index contributed by atoms with van der Waals surface area (Å²) in [6, 6.07) is 0. The Labute approximate surface area is 58.6 Å². The van der Waals surface area contributed by atoms with Gasteiger partial charge in [0.2, 0.25) is 0 Å². The monoisotopic (exact) mass is 226 g/mol. The van der Waals surface area contributed by atoms with Crippen LogP contribution >= 0.6 is 22.6 Å². The molecule has 0 aliphatic heterocycles. The molecule has 0 unspecified atom stereocenters. The lowest BCUT2D eigenvalue weighted by atomic mass is 11.2. The maximum absolute atomic E-state index is 10.4. The molecule has 0 saturated carbocycles. The second-order valence-electron chi connectivity index (χ2n) is 1.24. The van der Waals surface area contributed by atoms with E-state index in [0.29, 0.717) is 3.90 Å². The highest BCUT2D eigenvalue weighted by molar-refractivity contribution is 14.1. The van der Waals surface area contributed by atoms with Crippen LogP contribution in [0.4, 0.5) is 0 Å². The first-order valence-corrected chi connectivity index (χ1v) is 2.97. The van der Waals surface area contributed by atoms with Crippen LogP contribution in [0.15, 0.2) is 9.21 Å². The molecular formula is C3H3IN2O2. The van der Waals surface area contributed by atoms with Gasteiger partial charge in [0.1, 0.15) is 0 Å². The van der Waals surface area contributed by atoms with Crippen molar-refractivity contribution in [1.82, 2.24) is 9.78 Å². The molecule has 0 fully saturated rings. The minimum Gasteiger partial charge on any atom is -0.382 e. The Morgan fingerprint density at radius 3 is 2.62 bits per heavy atom. The summed E-state index contributed by atoms with van der Waals surface area (Å²) in [6.45, 7) is 0. The van der Waals surface area contributed by atoms with Crippen LogP contribution < -0.4 is 5.76 Å². The van der Waals surface area contributed by atoms with Crippen molar-refractivity contribution < 1.29 is 4.42 Å². The van der Waals surface area contributed by atoms with Crippen molar-refractivity contribution in [2.75, 3.05) is 0 Å². The van der Waals surface area contributed by atoms with E-state index in [1.165, 1.54) is 7.05 Å². The number of nitrogens with zero attached hydrogens (tertiary/aromatic N) is 2. The van der Waals surface area contributed by atoms with E-state index in [9.17, 15) is 4.79 Å². The second-order valence-corrected chi connectivity index (χ2v) is 2.17. The standard InChI is InChI=1S/C3H3IN2O2/c1-6-3(7)8-2(4)5-6/h1H3. The van der Waals surface area contributed by atoms with E-state index >= 15 is 0 Å². The zero-order chi connectivity index (χ0) is 6.15. The van der Waals surface area contributed by atoms with E-state index in [0.717, 1.165) is 4.68 Å². The average molecular weight is 226 g/mol. The topological polar surface area (TPSA) is 48.0 Å². The molecule has 4 nitrogen and oxygen atoms in total. The van der Waals surface area contributed by atoms with Gasteiger partial charge in [0.05, 0.1) is 0 Å². The van der Waals surface area contributed by atoms with Crippen LogP contribution in [-0.4, -0.2) is 9.78 Å². The zero-order valence-corrected chi connectivity index (χ0v) is 6.25. The predicted octanol–water partition coefficient (Wildman–Crippen LogP) is -0.0221. The fourth-order valence-corrected chi connectivity index (χ4v) is 0.829. The van der Waals surface area contributed by atoms with Crippen molar-refractivity contribution in [3.05, 3.63) is 14.4 Å². The molecule has 0 bridgehead atoms. The molecule has 1 aromatic rings. The summed E-state index contributed by atoms with van der Waals surface area (Å²) in [7, 11) is 1.54. The van der Waals surface area contributed by atoms with Gasteiger partial charge in [-0.2, -0.15) is 4.68 Å². The molecule has 8 heavy (non-hydrogen) atoms. The molecule has 0 amide bonds. The molecular weight excluding hydrogens is 223 g/mol. The van der Waals surface area contributed by atoms with Crippen molar-refractivity contribution in [3.8, 4) is 0 Å². The first-order valence-electron chi connectivity index (χ1n) is 1.90. The van der Waals surface area contributed by atoms with E-state index in [1.807, 2.05) is 22.6 Å². The Morgan fingerprint density at radius 2 is 2.50 bits per heavy atom. The third kappa shape index (κ3) is 0.908. The zero-order valence-electron chi connectivity index (χ0n) is 4.09. The van der Waals surface area contributed by atoms with Gasteiger partial charge in [0, 0.05) is 29.6 Å². The quantitative estimate of drug-likeness (QED) is 0.584. The molecule has 0 radical (unpaired) electrons. The molecule has 0 spiro atoms. The van der Waals surface area contributed by atoms with Crippen LogP contribution in [0.5, 0.6) is 0 Å². The molecule has 0 saturated heterocycles. The van der Waals surface area contributed by atoms with E-state index < -0.39 is 5.76 Å². The summed E-state index contributed by atoms with van der Waals surface area (Å²) in [6.07, 6.45) is 0. The van der Waals surface area contributed by atoms with Gasteiger partial charge in [0.25, 0.3) is 3.90 Å². The highest BCUT2D eigenvalue weighted by Gasteiger charge is 1.96.